The van der Waals surface area contributed by atoms with Crippen LogP contribution in [0.25, 0.3) is 0 Å². The standard InChI is InChI=1S/C9H15NO/c1-3-10-8-5-4-6-9(11)7(8)2/h7H,3-6H2,1-2H3. The van der Waals surface area contributed by atoms with Crippen LogP contribution in [0, 0.1) is 5.92 Å². The molecule has 0 radical (unpaired) electrons. The van der Waals surface area contributed by atoms with Gasteiger partial charge in [0, 0.05) is 18.7 Å². The SMILES string of the molecule is CCN=C1CCCC(=O)C1C. The lowest BCUT2D eigenvalue weighted by Gasteiger charge is -2.18. The Morgan fingerprint density at radius 3 is 2.91 bits per heavy atom. The fourth-order valence-corrected chi connectivity index (χ4v) is 1.48. The monoisotopic (exact) mass is 153 g/mol. The summed E-state index contributed by atoms with van der Waals surface area (Å²) in [7, 11) is 0. The molecule has 0 saturated heterocycles. The summed E-state index contributed by atoms with van der Waals surface area (Å²) in [4.78, 5) is 15.5. The van der Waals surface area contributed by atoms with E-state index in [2.05, 4.69) is 4.99 Å². The summed E-state index contributed by atoms with van der Waals surface area (Å²) >= 11 is 0. The molecule has 1 unspecified atom stereocenters. The number of nitrogens with zero attached hydrogens (tertiary/aromatic N) is 1. The quantitative estimate of drug-likeness (QED) is 0.565. The van der Waals surface area contributed by atoms with E-state index in [9.17, 15) is 4.79 Å². The number of ketones is 1. The molecule has 0 aromatic rings. The molecule has 1 atom stereocenters. The van der Waals surface area contributed by atoms with E-state index in [1.54, 1.807) is 0 Å². The van der Waals surface area contributed by atoms with Gasteiger partial charge in [-0.25, -0.2) is 0 Å². The fraction of sp³-hybridized carbons (Fsp3) is 0.778. The molecule has 2 heteroatoms. The van der Waals surface area contributed by atoms with E-state index in [4.69, 9.17) is 0 Å². The Bertz CT molecular complexity index is 184. The molecule has 0 aromatic carbocycles. The van der Waals surface area contributed by atoms with Crippen molar-refractivity contribution in [2.24, 2.45) is 10.9 Å². The Labute approximate surface area is 67.7 Å². The molecule has 0 aliphatic heterocycles. The zero-order valence-corrected chi connectivity index (χ0v) is 7.26. The van der Waals surface area contributed by atoms with Gasteiger partial charge < -0.3 is 0 Å². The fourth-order valence-electron chi connectivity index (χ4n) is 1.48. The maximum Gasteiger partial charge on any atom is 0.141 e. The van der Waals surface area contributed by atoms with Crippen LogP contribution in [0.5, 0.6) is 0 Å². The summed E-state index contributed by atoms with van der Waals surface area (Å²) in [5.41, 5.74) is 1.11. The Morgan fingerprint density at radius 1 is 1.55 bits per heavy atom. The average molecular weight is 153 g/mol. The second kappa shape index (κ2) is 3.65. The van der Waals surface area contributed by atoms with Crippen molar-refractivity contribution in [2.45, 2.75) is 33.1 Å². The van der Waals surface area contributed by atoms with Gasteiger partial charge in [-0.1, -0.05) is 6.92 Å². The predicted octanol–water partition coefficient (Wildman–Crippen LogP) is 1.84. The number of carbonyl (C=O) groups is 1. The highest BCUT2D eigenvalue weighted by atomic mass is 16.1. The highest BCUT2D eigenvalue weighted by Crippen LogP contribution is 2.17. The minimum absolute atomic E-state index is 0.101. The molecule has 0 spiro atoms. The van der Waals surface area contributed by atoms with E-state index in [0.29, 0.717) is 5.78 Å². The molecule has 2 nitrogen and oxygen atoms in total. The Kier molecular flexibility index (Phi) is 2.80. The van der Waals surface area contributed by atoms with Crippen LogP contribution in [-0.4, -0.2) is 18.0 Å². The summed E-state index contributed by atoms with van der Waals surface area (Å²) < 4.78 is 0. The smallest absolute Gasteiger partial charge is 0.141 e. The molecule has 1 fully saturated rings. The first-order chi connectivity index (χ1) is 5.25. The molecule has 0 heterocycles. The van der Waals surface area contributed by atoms with E-state index in [1.165, 1.54) is 0 Å². The van der Waals surface area contributed by atoms with Crippen molar-refractivity contribution in [3.63, 3.8) is 0 Å². The first-order valence-electron chi connectivity index (χ1n) is 4.31. The van der Waals surface area contributed by atoms with Crippen LogP contribution in [0.3, 0.4) is 0 Å². The van der Waals surface area contributed by atoms with Crippen molar-refractivity contribution < 1.29 is 4.79 Å². The zero-order chi connectivity index (χ0) is 8.27. The molecule has 1 saturated carbocycles. The summed E-state index contributed by atoms with van der Waals surface area (Å²) in [5, 5.41) is 0. The minimum Gasteiger partial charge on any atom is -0.299 e. The van der Waals surface area contributed by atoms with Gasteiger partial charge in [0.1, 0.15) is 5.78 Å². The first kappa shape index (κ1) is 8.44. The van der Waals surface area contributed by atoms with Gasteiger partial charge in [0.2, 0.25) is 0 Å². The molecule has 1 aliphatic carbocycles. The largest absolute Gasteiger partial charge is 0.299 e. The summed E-state index contributed by atoms with van der Waals surface area (Å²) in [5.74, 6) is 0.465. The van der Waals surface area contributed by atoms with Crippen molar-refractivity contribution in [2.75, 3.05) is 6.54 Å². The minimum atomic E-state index is 0.101. The van der Waals surface area contributed by atoms with Crippen LogP contribution in [0.1, 0.15) is 33.1 Å². The zero-order valence-electron chi connectivity index (χ0n) is 7.26. The van der Waals surface area contributed by atoms with Gasteiger partial charge in [-0.15, -0.1) is 0 Å². The van der Waals surface area contributed by atoms with Gasteiger partial charge >= 0.3 is 0 Å². The van der Waals surface area contributed by atoms with E-state index < -0.39 is 0 Å². The predicted molar refractivity (Wildman–Crippen MR) is 46.0 cm³/mol. The van der Waals surface area contributed by atoms with E-state index >= 15 is 0 Å². The van der Waals surface area contributed by atoms with Crippen molar-refractivity contribution in [3.05, 3.63) is 0 Å². The van der Waals surface area contributed by atoms with Crippen molar-refractivity contribution in [1.82, 2.24) is 0 Å². The molecular weight excluding hydrogens is 138 g/mol. The topological polar surface area (TPSA) is 29.4 Å². The maximum atomic E-state index is 11.2. The lowest BCUT2D eigenvalue weighted by molar-refractivity contribution is -0.121. The van der Waals surface area contributed by atoms with Crippen LogP contribution in [0.15, 0.2) is 4.99 Å². The summed E-state index contributed by atoms with van der Waals surface area (Å²) in [6.45, 7) is 4.79. The molecule has 0 N–H and O–H groups in total. The first-order valence-corrected chi connectivity index (χ1v) is 4.31. The molecule has 0 aromatic heterocycles. The third-order valence-electron chi connectivity index (χ3n) is 2.20. The highest BCUT2D eigenvalue weighted by molar-refractivity contribution is 6.06. The Balaban J connectivity index is 2.65. The lowest BCUT2D eigenvalue weighted by atomic mass is 9.87. The number of aliphatic imine (C=N–C) groups is 1. The van der Waals surface area contributed by atoms with Crippen molar-refractivity contribution >= 4 is 11.5 Å². The van der Waals surface area contributed by atoms with Gasteiger partial charge in [0.25, 0.3) is 0 Å². The Morgan fingerprint density at radius 2 is 2.27 bits per heavy atom. The average Bonchev–Trinajstić information content (AvgIpc) is 1.99. The second-order valence-corrected chi connectivity index (χ2v) is 3.01. The Hall–Kier alpha value is -0.660. The van der Waals surface area contributed by atoms with Crippen LogP contribution in [-0.2, 0) is 4.79 Å². The van der Waals surface area contributed by atoms with Crippen molar-refractivity contribution in [3.8, 4) is 0 Å². The number of rotatable bonds is 1. The summed E-state index contributed by atoms with van der Waals surface area (Å²) in [6.07, 6.45) is 2.78. The van der Waals surface area contributed by atoms with E-state index in [1.807, 2.05) is 13.8 Å². The van der Waals surface area contributed by atoms with E-state index in [0.717, 1.165) is 31.5 Å². The molecular formula is C9H15NO. The van der Waals surface area contributed by atoms with Gasteiger partial charge in [-0.2, -0.15) is 0 Å². The number of hydrogen-bond acceptors (Lipinski definition) is 2. The highest BCUT2D eigenvalue weighted by Gasteiger charge is 2.22. The number of hydrogen-bond donors (Lipinski definition) is 0. The van der Waals surface area contributed by atoms with Gasteiger partial charge in [0.15, 0.2) is 0 Å². The second-order valence-electron chi connectivity index (χ2n) is 3.01. The number of Topliss-reactive ketones (excluding diaryl/α,β-unsaturated/α-hetero) is 1. The molecule has 11 heavy (non-hydrogen) atoms. The number of carbonyl (C=O) groups excluding carboxylic acids is 1. The molecule has 0 amide bonds. The normalized spacial score (nSPS) is 29.5. The third-order valence-corrected chi connectivity index (χ3v) is 2.20. The van der Waals surface area contributed by atoms with Crippen LogP contribution < -0.4 is 0 Å². The molecule has 1 aliphatic rings. The van der Waals surface area contributed by atoms with Crippen LogP contribution >= 0.6 is 0 Å². The molecule has 0 bridgehead atoms. The summed E-state index contributed by atoms with van der Waals surface area (Å²) in [6, 6.07) is 0. The van der Waals surface area contributed by atoms with Gasteiger partial charge in [-0.05, 0) is 19.8 Å². The van der Waals surface area contributed by atoms with E-state index in [-0.39, 0.29) is 5.92 Å². The van der Waals surface area contributed by atoms with Crippen LogP contribution in [0.2, 0.25) is 0 Å². The molecule has 62 valence electrons. The van der Waals surface area contributed by atoms with Crippen molar-refractivity contribution in [1.29, 1.82) is 0 Å². The van der Waals surface area contributed by atoms with Crippen LogP contribution in [0.4, 0.5) is 0 Å². The lowest BCUT2D eigenvalue weighted by Crippen LogP contribution is -2.26. The third kappa shape index (κ3) is 1.88. The molecule has 1 rings (SSSR count). The maximum absolute atomic E-state index is 11.2. The van der Waals surface area contributed by atoms with Gasteiger partial charge in [0.05, 0.1) is 5.92 Å². The van der Waals surface area contributed by atoms with Gasteiger partial charge in [-0.3, -0.25) is 9.79 Å².